The molecule has 5 heteroatoms. The molecule has 0 saturated heterocycles. The Kier molecular flexibility index (Phi) is 6.66. The summed E-state index contributed by atoms with van der Waals surface area (Å²) in [5, 5.41) is 3.21. The van der Waals surface area contributed by atoms with Crippen molar-refractivity contribution in [1.29, 1.82) is 0 Å². The molecule has 0 aliphatic carbocycles. The number of methoxy groups -OCH3 is 1. The summed E-state index contributed by atoms with van der Waals surface area (Å²) in [6.07, 6.45) is 1.54. The lowest BCUT2D eigenvalue weighted by molar-refractivity contribution is -0.148. The molecule has 0 saturated carbocycles. The fourth-order valence-electron chi connectivity index (χ4n) is 2.33. The average Bonchev–Trinajstić information content (AvgIpc) is 2.53. The van der Waals surface area contributed by atoms with Gasteiger partial charge in [-0.3, -0.25) is 4.79 Å². The van der Waals surface area contributed by atoms with Crippen molar-refractivity contribution in [3.63, 3.8) is 0 Å². The maximum Gasteiger partial charge on any atom is 0.323 e. The number of nitrogens with one attached hydrogen (secondary N) is 1. The quantitative estimate of drug-likeness (QED) is 0.578. The van der Waals surface area contributed by atoms with Crippen LogP contribution in [0.1, 0.15) is 17.5 Å². The molecule has 21 heavy (non-hydrogen) atoms. The molecule has 0 spiro atoms. The van der Waals surface area contributed by atoms with E-state index >= 15 is 0 Å². The summed E-state index contributed by atoms with van der Waals surface area (Å²) >= 11 is 0. The largest absolute Gasteiger partial charge is 0.462 e. The van der Waals surface area contributed by atoms with Gasteiger partial charge in [0.15, 0.2) is 0 Å². The Labute approximate surface area is 125 Å². The molecule has 0 radical (unpaired) electrons. The normalized spacial score (nSPS) is 17.3. The van der Waals surface area contributed by atoms with Crippen molar-refractivity contribution < 1.29 is 19.0 Å². The highest BCUT2D eigenvalue weighted by Crippen LogP contribution is 2.16. The summed E-state index contributed by atoms with van der Waals surface area (Å²) in [6, 6.07) is 7.90. The van der Waals surface area contributed by atoms with Crippen LogP contribution in [-0.2, 0) is 32.0 Å². The zero-order valence-electron chi connectivity index (χ0n) is 12.5. The lowest BCUT2D eigenvalue weighted by atomic mass is 9.96. The Morgan fingerprint density at radius 1 is 1.19 bits per heavy atom. The molecule has 1 aliphatic rings. The van der Waals surface area contributed by atoms with Crippen molar-refractivity contribution in [2.75, 3.05) is 33.5 Å². The van der Waals surface area contributed by atoms with Crippen LogP contribution in [0.3, 0.4) is 0 Å². The predicted molar refractivity (Wildman–Crippen MR) is 79.0 cm³/mol. The topological polar surface area (TPSA) is 56.8 Å². The van der Waals surface area contributed by atoms with Gasteiger partial charge >= 0.3 is 5.97 Å². The van der Waals surface area contributed by atoms with Crippen LogP contribution in [0.15, 0.2) is 24.3 Å². The molecule has 1 heterocycles. The molecule has 0 unspecified atom stereocenters. The van der Waals surface area contributed by atoms with Crippen molar-refractivity contribution in [2.24, 2.45) is 0 Å². The zero-order chi connectivity index (χ0) is 14.9. The van der Waals surface area contributed by atoms with Gasteiger partial charge in [-0.25, -0.2) is 0 Å². The predicted octanol–water partition coefficient (Wildman–Crippen LogP) is 1.30. The molecule has 1 aromatic carbocycles. The van der Waals surface area contributed by atoms with E-state index in [-0.39, 0.29) is 12.0 Å². The molecular formula is C16H23NO4. The minimum Gasteiger partial charge on any atom is -0.462 e. The van der Waals surface area contributed by atoms with Gasteiger partial charge in [-0.15, -0.1) is 0 Å². The number of ether oxygens (including phenoxy) is 3. The average molecular weight is 293 g/mol. The Hall–Kier alpha value is -1.43. The molecule has 5 nitrogen and oxygen atoms in total. The maximum absolute atomic E-state index is 12.0. The van der Waals surface area contributed by atoms with E-state index in [0.717, 1.165) is 6.42 Å². The van der Waals surface area contributed by atoms with Crippen molar-refractivity contribution in [3.8, 4) is 0 Å². The van der Waals surface area contributed by atoms with Gasteiger partial charge in [0, 0.05) is 26.9 Å². The van der Waals surface area contributed by atoms with E-state index in [4.69, 9.17) is 14.2 Å². The fourth-order valence-corrected chi connectivity index (χ4v) is 2.33. The molecule has 0 aromatic heterocycles. The molecule has 2 rings (SSSR count). The van der Waals surface area contributed by atoms with Gasteiger partial charge in [0.2, 0.25) is 0 Å². The Morgan fingerprint density at radius 2 is 2.00 bits per heavy atom. The van der Waals surface area contributed by atoms with E-state index in [0.29, 0.717) is 39.4 Å². The standard InChI is InChI=1S/C16H23NO4/c1-19-7-4-8-20-9-10-21-16(18)15-11-13-5-2-3-6-14(13)12-17-15/h2-3,5-6,15,17H,4,7-12H2,1H3/t15-/m1/s1. The van der Waals surface area contributed by atoms with Crippen LogP contribution in [0, 0.1) is 0 Å². The third kappa shape index (κ3) is 5.12. The van der Waals surface area contributed by atoms with Gasteiger partial charge in [0.05, 0.1) is 6.61 Å². The van der Waals surface area contributed by atoms with Crippen molar-refractivity contribution in [2.45, 2.75) is 25.4 Å². The van der Waals surface area contributed by atoms with Crippen LogP contribution in [0.4, 0.5) is 0 Å². The van der Waals surface area contributed by atoms with E-state index in [1.165, 1.54) is 11.1 Å². The molecule has 0 amide bonds. The van der Waals surface area contributed by atoms with Crippen LogP contribution in [-0.4, -0.2) is 45.5 Å². The van der Waals surface area contributed by atoms with Crippen LogP contribution < -0.4 is 5.32 Å². The molecule has 1 aliphatic heterocycles. The number of carbonyl (C=O) groups excluding carboxylic acids is 1. The number of hydrogen-bond acceptors (Lipinski definition) is 5. The highest BCUT2D eigenvalue weighted by atomic mass is 16.6. The summed E-state index contributed by atoms with van der Waals surface area (Å²) in [5.74, 6) is -0.204. The van der Waals surface area contributed by atoms with Gasteiger partial charge in [-0.05, 0) is 24.0 Å². The van der Waals surface area contributed by atoms with Gasteiger partial charge in [0.25, 0.3) is 0 Å². The lowest BCUT2D eigenvalue weighted by Crippen LogP contribution is -2.43. The van der Waals surface area contributed by atoms with Gasteiger partial charge < -0.3 is 19.5 Å². The van der Waals surface area contributed by atoms with E-state index in [1.807, 2.05) is 12.1 Å². The van der Waals surface area contributed by atoms with Crippen LogP contribution in [0.5, 0.6) is 0 Å². The molecule has 1 atom stereocenters. The number of esters is 1. The minimum absolute atomic E-state index is 0.204. The molecule has 116 valence electrons. The Bertz CT molecular complexity index is 450. The van der Waals surface area contributed by atoms with Gasteiger partial charge in [-0.1, -0.05) is 24.3 Å². The minimum atomic E-state index is -0.256. The first-order valence-electron chi connectivity index (χ1n) is 7.34. The highest BCUT2D eigenvalue weighted by Gasteiger charge is 2.24. The maximum atomic E-state index is 12.0. The second-order valence-corrected chi connectivity index (χ2v) is 5.03. The Morgan fingerprint density at radius 3 is 2.81 bits per heavy atom. The van der Waals surface area contributed by atoms with Crippen LogP contribution >= 0.6 is 0 Å². The van der Waals surface area contributed by atoms with E-state index in [1.54, 1.807) is 7.11 Å². The lowest BCUT2D eigenvalue weighted by Gasteiger charge is -2.24. The number of benzene rings is 1. The van der Waals surface area contributed by atoms with Crippen LogP contribution in [0.2, 0.25) is 0 Å². The Balaban J connectivity index is 1.64. The first kappa shape index (κ1) is 15.9. The molecule has 0 fully saturated rings. The van der Waals surface area contributed by atoms with Crippen molar-refractivity contribution in [3.05, 3.63) is 35.4 Å². The number of hydrogen-bond donors (Lipinski definition) is 1. The number of carbonyl (C=O) groups is 1. The molecular weight excluding hydrogens is 270 g/mol. The van der Waals surface area contributed by atoms with Crippen molar-refractivity contribution in [1.82, 2.24) is 5.32 Å². The van der Waals surface area contributed by atoms with Gasteiger partial charge in [-0.2, -0.15) is 0 Å². The van der Waals surface area contributed by atoms with Crippen molar-refractivity contribution >= 4 is 5.97 Å². The summed E-state index contributed by atoms with van der Waals surface area (Å²) in [7, 11) is 1.66. The summed E-state index contributed by atoms with van der Waals surface area (Å²) in [4.78, 5) is 12.0. The van der Waals surface area contributed by atoms with E-state index < -0.39 is 0 Å². The van der Waals surface area contributed by atoms with Gasteiger partial charge in [0.1, 0.15) is 12.6 Å². The van der Waals surface area contributed by atoms with Crippen LogP contribution in [0.25, 0.3) is 0 Å². The van der Waals surface area contributed by atoms with E-state index in [2.05, 4.69) is 17.4 Å². The zero-order valence-corrected chi connectivity index (χ0v) is 12.5. The van der Waals surface area contributed by atoms with E-state index in [9.17, 15) is 4.79 Å². The summed E-state index contributed by atoms with van der Waals surface area (Å²) in [5.41, 5.74) is 2.47. The molecule has 0 bridgehead atoms. The third-order valence-electron chi connectivity index (χ3n) is 3.47. The fraction of sp³-hybridized carbons (Fsp3) is 0.562. The second kappa shape index (κ2) is 8.77. The summed E-state index contributed by atoms with van der Waals surface area (Å²) in [6.45, 7) is 2.75. The molecule has 1 N–H and O–H groups in total. The first-order chi connectivity index (χ1) is 10.3. The monoisotopic (exact) mass is 293 g/mol. The third-order valence-corrected chi connectivity index (χ3v) is 3.47. The number of fused-ring (bicyclic) bond motifs is 1. The smallest absolute Gasteiger partial charge is 0.323 e. The number of rotatable bonds is 8. The summed E-state index contributed by atoms with van der Waals surface area (Å²) < 4.78 is 15.5. The molecule has 1 aromatic rings. The first-order valence-corrected chi connectivity index (χ1v) is 7.34. The second-order valence-electron chi connectivity index (χ2n) is 5.03. The SMILES string of the molecule is COCCCOCCOC(=O)[C@H]1Cc2ccccc2CN1. The highest BCUT2D eigenvalue weighted by molar-refractivity contribution is 5.76.